The van der Waals surface area contributed by atoms with Gasteiger partial charge in [0, 0.05) is 19.4 Å². The molecule has 1 heterocycles. The number of benzene rings is 2. The van der Waals surface area contributed by atoms with Crippen LogP contribution in [0, 0.1) is 0 Å². The molecule has 0 spiro atoms. The highest BCUT2D eigenvalue weighted by atomic mass is 16.5. The van der Waals surface area contributed by atoms with Crippen molar-refractivity contribution in [2.24, 2.45) is 7.05 Å². The number of hydrogen-bond acceptors (Lipinski definition) is 4. The summed E-state index contributed by atoms with van der Waals surface area (Å²) < 4.78 is 13.2. The first-order valence-electron chi connectivity index (χ1n) is 11.5. The second-order valence-corrected chi connectivity index (χ2v) is 8.64. The van der Waals surface area contributed by atoms with Crippen LogP contribution in [0.15, 0.2) is 54.9 Å². The summed E-state index contributed by atoms with van der Waals surface area (Å²) in [5, 5.41) is 0. The Morgan fingerprint density at radius 1 is 1.22 bits per heavy atom. The summed E-state index contributed by atoms with van der Waals surface area (Å²) in [5.74, 6) is 1.90. The van der Waals surface area contributed by atoms with Crippen LogP contribution in [0.4, 0.5) is 0 Å². The van der Waals surface area contributed by atoms with Crippen LogP contribution in [0.5, 0.6) is 5.75 Å². The normalized spacial score (nSPS) is 16.3. The lowest BCUT2D eigenvalue weighted by atomic mass is 9.83. The highest BCUT2D eigenvalue weighted by Gasteiger charge is 2.23. The maximum absolute atomic E-state index is 12.2. The van der Waals surface area contributed by atoms with Crippen LogP contribution in [0.2, 0.25) is 0 Å². The quantitative estimate of drug-likeness (QED) is 0.440. The molecule has 0 N–H and O–H groups in total. The van der Waals surface area contributed by atoms with E-state index in [1.807, 2.05) is 49.0 Å². The lowest BCUT2D eigenvalue weighted by Gasteiger charge is -2.23. The highest BCUT2D eigenvalue weighted by Crippen LogP contribution is 2.32. The number of hydrogen-bond donors (Lipinski definition) is 0. The summed E-state index contributed by atoms with van der Waals surface area (Å²) in [7, 11) is 1.94. The molecule has 0 bridgehead atoms. The first-order chi connectivity index (χ1) is 15.5. The molecule has 2 atom stereocenters. The molecule has 0 fully saturated rings. The Bertz CT molecular complexity index is 1060. The van der Waals surface area contributed by atoms with Crippen LogP contribution in [0.3, 0.4) is 0 Å². The molecule has 5 heteroatoms. The van der Waals surface area contributed by atoms with Gasteiger partial charge in [0.25, 0.3) is 0 Å². The Hall–Kier alpha value is -3.08. The summed E-state index contributed by atoms with van der Waals surface area (Å²) in [6.45, 7) is 5.06. The Morgan fingerprint density at radius 3 is 2.75 bits per heavy atom. The highest BCUT2D eigenvalue weighted by molar-refractivity contribution is 5.71. The number of nitrogens with zero attached hydrogens (tertiary/aromatic N) is 2. The van der Waals surface area contributed by atoms with E-state index < -0.39 is 0 Å². The number of fused-ring (bicyclic) bond motifs is 1. The predicted molar refractivity (Wildman–Crippen MR) is 125 cm³/mol. The number of carbonyl (C=O) groups is 1. The van der Waals surface area contributed by atoms with Gasteiger partial charge in [0.15, 0.2) is 0 Å². The second-order valence-electron chi connectivity index (χ2n) is 8.64. The molecule has 2 aromatic carbocycles. The summed E-state index contributed by atoms with van der Waals surface area (Å²) >= 11 is 0. The number of carbonyl (C=O) groups excluding carboxylic acids is 1. The fraction of sp³-hybridized carbons (Fsp3) is 0.407. The van der Waals surface area contributed by atoms with Crippen LogP contribution in [-0.4, -0.2) is 22.1 Å². The Kier molecular flexibility index (Phi) is 6.93. The zero-order valence-electron chi connectivity index (χ0n) is 19.2. The zero-order valence-corrected chi connectivity index (χ0v) is 19.2. The van der Waals surface area contributed by atoms with Gasteiger partial charge in [0.05, 0.1) is 18.9 Å². The molecule has 168 valence electrons. The van der Waals surface area contributed by atoms with Crippen LogP contribution >= 0.6 is 0 Å². The molecule has 0 aliphatic heterocycles. The van der Waals surface area contributed by atoms with Crippen molar-refractivity contribution in [3.05, 3.63) is 82.9 Å². The van der Waals surface area contributed by atoms with E-state index >= 15 is 0 Å². The topological polar surface area (TPSA) is 53.4 Å². The number of ether oxygens (including phenoxy) is 2. The predicted octanol–water partition coefficient (Wildman–Crippen LogP) is 5.52. The lowest BCUT2D eigenvalue weighted by Crippen LogP contribution is -2.15. The number of aryl methyl sites for hydroxylation is 2. The second kappa shape index (κ2) is 10.0. The van der Waals surface area contributed by atoms with Crippen LogP contribution in [0.1, 0.15) is 73.0 Å². The van der Waals surface area contributed by atoms with E-state index in [9.17, 15) is 4.79 Å². The number of rotatable bonds is 8. The van der Waals surface area contributed by atoms with E-state index in [0.717, 1.165) is 17.1 Å². The van der Waals surface area contributed by atoms with Crippen LogP contribution in [-0.2, 0) is 29.6 Å². The van der Waals surface area contributed by atoms with Crippen LogP contribution in [0.25, 0.3) is 0 Å². The largest absolute Gasteiger partial charge is 0.489 e. The van der Waals surface area contributed by atoms with Gasteiger partial charge in [0.2, 0.25) is 0 Å². The number of esters is 1. The monoisotopic (exact) mass is 432 g/mol. The van der Waals surface area contributed by atoms with Gasteiger partial charge < -0.3 is 14.0 Å². The maximum atomic E-state index is 12.2. The summed E-state index contributed by atoms with van der Waals surface area (Å²) in [5.41, 5.74) is 5.18. The van der Waals surface area contributed by atoms with Gasteiger partial charge in [-0.1, -0.05) is 37.3 Å². The molecule has 1 aromatic heterocycles. The molecule has 3 aromatic rings. The number of imidazole rings is 1. The lowest BCUT2D eigenvalue weighted by molar-refractivity contribution is -0.143. The summed E-state index contributed by atoms with van der Waals surface area (Å²) in [4.78, 5) is 16.7. The van der Waals surface area contributed by atoms with E-state index in [4.69, 9.17) is 9.47 Å². The molecule has 5 nitrogen and oxygen atoms in total. The number of aromatic nitrogens is 2. The third-order valence-electron chi connectivity index (χ3n) is 6.36. The standard InChI is InChI=1S/C27H32N2O3/c1-4-31-26(30)17-25(27-28-14-15-29(27)3)22-10-12-23(13-11-22)32-18-20-8-9-21-7-5-6-19(2)24(21)16-20/h8-16,19,25H,4-7,17-18H2,1-3H3. The third-order valence-corrected chi connectivity index (χ3v) is 6.36. The third kappa shape index (κ3) is 5.04. The van der Waals surface area contributed by atoms with E-state index in [2.05, 4.69) is 30.1 Å². The molecule has 2 unspecified atom stereocenters. The molecule has 0 amide bonds. The minimum atomic E-state index is -0.220. The van der Waals surface area contributed by atoms with Crippen molar-refractivity contribution in [3.8, 4) is 5.75 Å². The van der Waals surface area contributed by atoms with Crippen molar-refractivity contribution in [2.75, 3.05) is 6.61 Å². The van der Waals surface area contributed by atoms with Crippen molar-refractivity contribution in [2.45, 2.75) is 58.0 Å². The van der Waals surface area contributed by atoms with Crippen LogP contribution < -0.4 is 4.74 Å². The summed E-state index contributed by atoms with van der Waals surface area (Å²) in [6.07, 6.45) is 7.64. The molecule has 0 radical (unpaired) electrons. The van der Waals surface area contributed by atoms with Gasteiger partial charge in [-0.3, -0.25) is 4.79 Å². The smallest absolute Gasteiger partial charge is 0.306 e. The average molecular weight is 433 g/mol. The molecule has 32 heavy (non-hydrogen) atoms. The average Bonchev–Trinajstić information content (AvgIpc) is 3.22. The Labute approximate surface area is 190 Å². The van der Waals surface area contributed by atoms with E-state index in [-0.39, 0.29) is 18.3 Å². The minimum Gasteiger partial charge on any atom is -0.489 e. The molecule has 1 aliphatic carbocycles. The van der Waals surface area contributed by atoms with Gasteiger partial charge in [-0.05, 0) is 66.5 Å². The molecule has 0 saturated heterocycles. The van der Waals surface area contributed by atoms with Crippen molar-refractivity contribution in [1.29, 1.82) is 0 Å². The first-order valence-corrected chi connectivity index (χ1v) is 11.5. The van der Waals surface area contributed by atoms with E-state index in [1.54, 1.807) is 6.20 Å². The fourth-order valence-corrected chi connectivity index (χ4v) is 4.60. The minimum absolute atomic E-state index is 0.162. The molecule has 1 aliphatic rings. The molecule has 4 rings (SSSR count). The van der Waals surface area contributed by atoms with Gasteiger partial charge in [-0.2, -0.15) is 0 Å². The van der Waals surface area contributed by atoms with Crippen molar-refractivity contribution in [1.82, 2.24) is 9.55 Å². The molecule has 0 saturated carbocycles. The SMILES string of the molecule is CCOC(=O)CC(c1ccc(OCc2ccc3c(c2)C(C)CCC3)cc1)c1nccn1C. The van der Waals surface area contributed by atoms with E-state index in [0.29, 0.717) is 19.1 Å². The van der Waals surface area contributed by atoms with Crippen molar-refractivity contribution >= 4 is 5.97 Å². The molecular weight excluding hydrogens is 400 g/mol. The first kappa shape index (κ1) is 22.1. The zero-order chi connectivity index (χ0) is 22.5. The van der Waals surface area contributed by atoms with Crippen molar-refractivity contribution in [3.63, 3.8) is 0 Å². The summed E-state index contributed by atoms with van der Waals surface area (Å²) in [6, 6.07) is 14.7. The van der Waals surface area contributed by atoms with E-state index in [1.165, 1.54) is 36.0 Å². The van der Waals surface area contributed by atoms with Gasteiger partial charge in [-0.15, -0.1) is 0 Å². The maximum Gasteiger partial charge on any atom is 0.306 e. The molecular formula is C27H32N2O3. The fourth-order valence-electron chi connectivity index (χ4n) is 4.60. The van der Waals surface area contributed by atoms with Gasteiger partial charge in [0.1, 0.15) is 18.2 Å². The Balaban J connectivity index is 1.46. The Morgan fingerprint density at radius 2 is 2.03 bits per heavy atom. The van der Waals surface area contributed by atoms with Gasteiger partial charge in [-0.25, -0.2) is 4.98 Å². The van der Waals surface area contributed by atoms with Crippen molar-refractivity contribution < 1.29 is 14.3 Å². The van der Waals surface area contributed by atoms with Gasteiger partial charge >= 0.3 is 5.97 Å².